The zero-order valence-electron chi connectivity index (χ0n) is 5.12. The maximum atomic E-state index is 10.2. The van der Waals surface area contributed by atoms with Crippen molar-refractivity contribution in [3.63, 3.8) is 0 Å². The van der Waals surface area contributed by atoms with Gasteiger partial charge in [0.15, 0.2) is 0 Å². The Bertz CT molecular complexity index is 99.1. The van der Waals surface area contributed by atoms with Crippen LogP contribution in [0.15, 0.2) is 0 Å². The van der Waals surface area contributed by atoms with Crippen LogP contribution in [0.3, 0.4) is 0 Å². The van der Waals surface area contributed by atoms with Crippen LogP contribution in [0.25, 0.3) is 0 Å². The first-order valence-corrected chi connectivity index (χ1v) is 2.39. The molecule has 0 bridgehead atoms. The van der Waals surface area contributed by atoms with Crippen LogP contribution >= 0.6 is 0 Å². The van der Waals surface area contributed by atoms with Crippen molar-refractivity contribution in [2.45, 2.75) is 0 Å². The van der Waals surface area contributed by atoms with Gasteiger partial charge in [-0.05, 0) is 0 Å². The third-order valence-corrected chi connectivity index (χ3v) is 0.633. The summed E-state index contributed by atoms with van der Waals surface area (Å²) in [5, 5.41) is 0. The summed E-state index contributed by atoms with van der Waals surface area (Å²) < 4.78 is 8.71. The SMILES string of the molecule is COC(=O)COCC=O. The molecule has 0 amide bonds. The minimum absolute atomic E-state index is 0.0604. The Morgan fingerprint density at radius 3 is 2.78 bits per heavy atom. The average molecular weight is 132 g/mol. The molecule has 4 heteroatoms. The van der Waals surface area contributed by atoms with Crippen LogP contribution in [0.2, 0.25) is 0 Å². The van der Waals surface area contributed by atoms with Crippen LogP contribution in [0.1, 0.15) is 0 Å². The monoisotopic (exact) mass is 132 g/mol. The van der Waals surface area contributed by atoms with E-state index in [-0.39, 0.29) is 13.2 Å². The molecule has 0 aromatic heterocycles. The zero-order valence-corrected chi connectivity index (χ0v) is 5.12. The molecule has 0 aromatic rings. The van der Waals surface area contributed by atoms with Crippen LogP contribution in [-0.4, -0.2) is 32.6 Å². The van der Waals surface area contributed by atoms with Crippen molar-refractivity contribution < 1.29 is 19.1 Å². The molecule has 0 saturated heterocycles. The first-order chi connectivity index (χ1) is 4.31. The first kappa shape index (κ1) is 8.10. The van der Waals surface area contributed by atoms with Crippen molar-refractivity contribution in [3.8, 4) is 0 Å². The predicted octanol–water partition coefficient (Wildman–Crippen LogP) is -0.625. The van der Waals surface area contributed by atoms with Gasteiger partial charge in [0.2, 0.25) is 0 Å². The molecule has 0 aliphatic carbocycles. The van der Waals surface area contributed by atoms with Crippen LogP contribution in [0.5, 0.6) is 0 Å². The molecule has 0 N–H and O–H groups in total. The number of methoxy groups -OCH3 is 1. The molecule has 0 aliphatic heterocycles. The molecule has 4 nitrogen and oxygen atoms in total. The Kier molecular flexibility index (Phi) is 4.72. The van der Waals surface area contributed by atoms with Gasteiger partial charge in [0.1, 0.15) is 19.5 Å². The molecule has 0 unspecified atom stereocenters. The van der Waals surface area contributed by atoms with Gasteiger partial charge in [-0.2, -0.15) is 0 Å². The molecule has 0 saturated carbocycles. The largest absolute Gasteiger partial charge is 0.467 e. The zero-order chi connectivity index (χ0) is 7.11. The third kappa shape index (κ3) is 4.96. The van der Waals surface area contributed by atoms with E-state index in [2.05, 4.69) is 9.47 Å². The van der Waals surface area contributed by atoms with Crippen LogP contribution in [0, 0.1) is 0 Å². The van der Waals surface area contributed by atoms with E-state index in [9.17, 15) is 9.59 Å². The molecule has 0 aromatic carbocycles. The Morgan fingerprint density at radius 2 is 2.33 bits per heavy atom. The van der Waals surface area contributed by atoms with Gasteiger partial charge in [-0.1, -0.05) is 0 Å². The smallest absolute Gasteiger partial charge is 0.331 e. The fourth-order valence-electron chi connectivity index (χ4n) is 0.249. The second-order valence-corrected chi connectivity index (χ2v) is 1.26. The minimum Gasteiger partial charge on any atom is -0.467 e. The van der Waals surface area contributed by atoms with E-state index in [0.717, 1.165) is 0 Å². The number of ether oxygens (including phenoxy) is 2. The second kappa shape index (κ2) is 5.24. The Labute approximate surface area is 52.7 Å². The van der Waals surface area contributed by atoms with E-state index in [1.54, 1.807) is 0 Å². The maximum Gasteiger partial charge on any atom is 0.331 e. The average Bonchev–Trinajstić information content (AvgIpc) is 1.89. The molecule has 0 heterocycles. The van der Waals surface area contributed by atoms with E-state index in [0.29, 0.717) is 6.29 Å². The summed E-state index contributed by atoms with van der Waals surface area (Å²) in [7, 11) is 1.26. The van der Waals surface area contributed by atoms with E-state index in [4.69, 9.17) is 0 Å². The van der Waals surface area contributed by atoms with E-state index in [1.807, 2.05) is 0 Å². The lowest BCUT2D eigenvalue weighted by atomic mass is 10.7. The van der Waals surface area contributed by atoms with Gasteiger partial charge in [-0.25, -0.2) is 4.79 Å². The third-order valence-electron chi connectivity index (χ3n) is 0.633. The minimum atomic E-state index is -0.475. The summed E-state index contributed by atoms with van der Waals surface area (Å²) in [6, 6.07) is 0. The summed E-state index contributed by atoms with van der Waals surface area (Å²) in [5.74, 6) is -0.475. The number of hydrogen-bond acceptors (Lipinski definition) is 4. The van der Waals surface area contributed by atoms with Crippen molar-refractivity contribution in [3.05, 3.63) is 0 Å². The number of carbonyl (C=O) groups excluding carboxylic acids is 2. The van der Waals surface area contributed by atoms with Crippen LogP contribution in [-0.2, 0) is 19.1 Å². The number of hydrogen-bond donors (Lipinski definition) is 0. The predicted molar refractivity (Wildman–Crippen MR) is 28.9 cm³/mol. The van der Waals surface area contributed by atoms with Crippen molar-refractivity contribution in [1.82, 2.24) is 0 Å². The highest BCUT2D eigenvalue weighted by atomic mass is 16.6. The standard InChI is InChI=1S/C5H8O4/c1-8-5(7)4-9-3-2-6/h2H,3-4H2,1H3. The molecule has 0 fully saturated rings. The molecule has 52 valence electrons. The summed E-state index contributed by atoms with van der Waals surface area (Å²) in [6.07, 6.45) is 0.572. The van der Waals surface area contributed by atoms with Gasteiger partial charge in [-0.15, -0.1) is 0 Å². The molecule has 0 spiro atoms. The Morgan fingerprint density at radius 1 is 1.67 bits per heavy atom. The Hall–Kier alpha value is -0.900. The highest BCUT2D eigenvalue weighted by Gasteiger charge is 1.96. The summed E-state index contributed by atoms with van der Waals surface area (Å²) in [6.45, 7) is -0.218. The topological polar surface area (TPSA) is 52.6 Å². The van der Waals surface area contributed by atoms with E-state index in [1.165, 1.54) is 7.11 Å². The second-order valence-electron chi connectivity index (χ2n) is 1.26. The van der Waals surface area contributed by atoms with Gasteiger partial charge in [-0.3, -0.25) is 0 Å². The summed E-state index contributed by atoms with van der Waals surface area (Å²) in [5.41, 5.74) is 0. The molecule has 9 heavy (non-hydrogen) atoms. The Balaban J connectivity index is 3.06. The molecular formula is C5H8O4. The molecule has 0 rings (SSSR count). The quantitative estimate of drug-likeness (QED) is 0.290. The summed E-state index contributed by atoms with van der Waals surface area (Å²) >= 11 is 0. The van der Waals surface area contributed by atoms with Gasteiger partial charge >= 0.3 is 5.97 Å². The fourth-order valence-corrected chi connectivity index (χ4v) is 0.249. The highest BCUT2D eigenvalue weighted by Crippen LogP contribution is 1.74. The lowest BCUT2D eigenvalue weighted by Gasteiger charge is -1.95. The van der Waals surface area contributed by atoms with Gasteiger partial charge < -0.3 is 14.3 Å². The van der Waals surface area contributed by atoms with Crippen molar-refractivity contribution >= 4 is 12.3 Å². The number of aldehydes is 1. The fraction of sp³-hybridized carbons (Fsp3) is 0.600. The molecule has 0 radical (unpaired) electrons. The van der Waals surface area contributed by atoms with E-state index >= 15 is 0 Å². The molecule has 0 aliphatic rings. The first-order valence-electron chi connectivity index (χ1n) is 2.39. The number of rotatable bonds is 4. The van der Waals surface area contributed by atoms with Gasteiger partial charge in [0.05, 0.1) is 7.11 Å². The van der Waals surface area contributed by atoms with Crippen LogP contribution in [0.4, 0.5) is 0 Å². The lowest BCUT2D eigenvalue weighted by molar-refractivity contribution is -0.146. The van der Waals surface area contributed by atoms with Crippen molar-refractivity contribution in [2.24, 2.45) is 0 Å². The molecule has 0 atom stereocenters. The van der Waals surface area contributed by atoms with Gasteiger partial charge in [0, 0.05) is 0 Å². The summed E-state index contributed by atoms with van der Waals surface area (Å²) in [4.78, 5) is 19.8. The van der Waals surface area contributed by atoms with Crippen molar-refractivity contribution in [1.29, 1.82) is 0 Å². The molecular weight excluding hydrogens is 124 g/mol. The maximum absolute atomic E-state index is 10.2. The van der Waals surface area contributed by atoms with Crippen LogP contribution < -0.4 is 0 Å². The van der Waals surface area contributed by atoms with E-state index < -0.39 is 5.97 Å². The number of carbonyl (C=O) groups is 2. The lowest BCUT2D eigenvalue weighted by Crippen LogP contribution is -2.10. The van der Waals surface area contributed by atoms with Gasteiger partial charge in [0.25, 0.3) is 0 Å². The number of esters is 1. The normalized spacial score (nSPS) is 8.56. The highest BCUT2D eigenvalue weighted by molar-refractivity contribution is 5.70. The van der Waals surface area contributed by atoms with Crippen molar-refractivity contribution in [2.75, 3.05) is 20.3 Å².